The first-order valence-electron chi connectivity index (χ1n) is 1.99. The quantitative estimate of drug-likeness (QED) is 0.599. The third-order valence-electron chi connectivity index (χ3n) is 0.672. The predicted octanol–water partition coefficient (Wildman–Crippen LogP) is 0.294. The Morgan fingerprint density at radius 1 is 2.00 bits per heavy atom. The summed E-state index contributed by atoms with van der Waals surface area (Å²) in [6, 6.07) is 0. The number of aliphatic carboxylic acids is 1. The second-order valence-corrected chi connectivity index (χ2v) is 2.11. The van der Waals surface area contributed by atoms with Crippen LogP contribution < -0.4 is 0 Å². The van der Waals surface area contributed by atoms with Crippen molar-refractivity contribution in [3.8, 4) is 0 Å². The van der Waals surface area contributed by atoms with Crippen LogP contribution in [0.5, 0.6) is 0 Å². The maximum atomic E-state index is 9.91. The predicted molar refractivity (Wildman–Crippen MR) is 27.4 cm³/mol. The summed E-state index contributed by atoms with van der Waals surface area (Å²) >= 11 is 2.64. The van der Waals surface area contributed by atoms with Crippen LogP contribution in [-0.2, 0) is 4.79 Å². The molecule has 1 unspecified atom stereocenters. The van der Waals surface area contributed by atoms with E-state index in [-0.39, 0.29) is 5.92 Å². The van der Waals surface area contributed by atoms with Gasteiger partial charge in [0.2, 0.25) is 0 Å². The number of carboxylic acids is 1. The summed E-state index contributed by atoms with van der Waals surface area (Å²) in [5.41, 5.74) is 0. The Hall–Kier alpha value is -0.0105. The standard InChI is InChI=1S/C4H7O2Se/c1-3(2-7)4(5)6/h3H,2H2,1H3,(H,5,6). The van der Waals surface area contributed by atoms with Crippen molar-refractivity contribution in [1.29, 1.82) is 0 Å². The van der Waals surface area contributed by atoms with Gasteiger partial charge < -0.3 is 0 Å². The fraction of sp³-hybridized carbons (Fsp3) is 0.750. The molecule has 2 nitrogen and oxygen atoms in total. The molecule has 0 saturated carbocycles. The van der Waals surface area contributed by atoms with Crippen LogP contribution >= 0.6 is 0 Å². The third kappa shape index (κ3) is 2.66. The van der Waals surface area contributed by atoms with E-state index in [4.69, 9.17) is 5.11 Å². The molecule has 7 heavy (non-hydrogen) atoms. The van der Waals surface area contributed by atoms with Gasteiger partial charge in [0.25, 0.3) is 0 Å². The van der Waals surface area contributed by atoms with Crippen LogP contribution in [0.1, 0.15) is 6.92 Å². The average Bonchev–Trinajstić information content (AvgIpc) is 1.65. The van der Waals surface area contributed by atoms with Gasteiger partial charge in [0.05, 0.1) is 0 Å². The Bertz CT molecular complexity index is 72.1. The minimum atomic E-state index is -0.737. The minimum absolute atomic E-state index is 0.236. The van der Waals surface area contributed by atoms with Crippen molar-refractivity contribution >= 4 is 22.0 Å². The van der Waals surface area contributed by atoms with Crippen molar-refractivity contribution in [2.24, 2.45) is 5.92 Å². The van der Waals surface area contributed by atoms with Crippen molar-refractivity contribution in [2.75, 3.05) is 0 Å². The fourth-order valence-corrected chi connectivity index (χ4v) is 0.370. The molecule has 0 heterocycles. The normalized spacial score (nSPS) is 13.4. The van der Waals surface area contributed by atoms with Gasteiger partial charge in [-0.3, -0.25) is 0 Å². The number of hydrogen-bond acceptors (Lipinski definition) is 1. The van der Waals surface area contributed by atoms with Crippen LogP contribution in [0.25, 0.3) is 0 Å². The third-order valence-corrected chi connectivity index (χ3v) is 1.72. The molecule has 3 heteroatoms. The zero-order valence-corrected chi connectivity index (χ0v) is 5.76. The van der Waals surface area contributed by atoms with Crippen LogP contribution in [0.4, 0.5) is 0 Å². The molecule has 0 saturated heterocycles. The maximum absolute atomic E-state index is 9.91. The molecule has 0 spiro atoms. The Labute approximate surface area is 50.7 Å². The van der Waals surface area contributed by atoms with E-state index in [2.05, 4.69) is 16.0 Å². The van der Waals surface area contributed by atoms with E-state index in [1.54, 1.807) is 6.92 Å². The molecular weight excluding hydrogens is 159 g/mol. The number of rotatable bonds is 2. The number of carboxylic acid groups (broad SMARTS) is 1. The fourth-order valence-electron chi connectivity index (χ4n) is 0.0713. The first kappa shape index (κ1) is 6.99. The zero-order chi connectivity index (χ0) is 5.86. The number of hydrogen-bond donors (Lipinski definition) is 1. The van der Waals surface area contributed by atoms with E-state index in [0.29, 0.717) is 5.32 Å². The molecule has 0 aliphatic rings. The second kappa shape index (κ2) is 3.05. The molecule has 0 aliphatic carbocycles. The van der Waals surface area contributed by atoms with E-state index >= 15 is 0 Å². The summed E-state index contributed by atoms with van der Waals surface area (Å²) in [5, 5.41) is 8.75. The second-order valence-electron chi connectivity index (χ2n) is 1.41. The molecule has 0 aromatic carbocycles. The summed E-state index contributed by atoms with van der Waals surface area (Å²) in [7, 11) is 0. The molecule has 1 radical (unpaired) electrons. The molecule has 0 aliphatic heterocycles. The van der Waals surface area contributed by atoms with Crippen LogP contribution in [0, 0.1) is 5.92 Å². The Morgan fingerprint density at radius 2 is 2.43 bits per heavy atom. The van der Waals surface area contributed by atoms with Crippen molar-refractivity contribution in [3.63, 3.8) is 0 Å². The molecule has 0 amide bonds. The van der Waals surface area contributed by atoms with Crippen LogP contribution in [0.3, 0.4) is 0 Å². The summed E-state index contributed by atoms with van der Waals surface area (Å²) in [5.74, 6) is -0.973. The van der Waals surface area contributed by atoms with E-state index < -0.39 is 5.97 Å². The molecule has 0 aromatic rings. The molecule has 41 valence electrons. The summed E-state index contributed by atoms with van der Waals surface area (Å²) in [6.45, 7) is 1.67. The van der Waals surface area contributed by atoms with Gasteiger partial charge in [-0.25, -0.2) is 0 Å². The molecule has 0 rings (SSSR count). The Morgan fingerprint density at radius 3 is 2.43 bits per heavy atom. The van der Waals surface area contributed by atoms with Gasteiger partial charge >= 0.3 is 50.0 Å². The monoisotopic (exact) mass is 167 g/mol. The zero-order valence-electron chi connectivity index (χ0n) is 4.05. The van der Waals surface area contributed by atoms with Gasteiger partial charge in [0.15, 0.2) is 0 Å². The molecule has 0 bridgehead atoms. The van der Waals surface area contributed by atoms with Gasteiger partial charge in [-0.05, 0) is 0 Å². The van der Waals surface area contributed by atoms with E-state index in [1.165, 1.54) is 0 Å². The van der Waals surface area contributed by atoms with Crippen molar-refractivity contribution < 1.29 is 9.90 Å². The van der Waals surface area contributed by atoms with Gasteiger partial charge in [0, 0.05) is 0 Å². The number of carbonyl (C=O) groups is 1. The van der Waals surface area contributed by atoms with Gasteiger partial charge in [0.1, 0.15) is 0 Å². The summed E-state index contributed by atoms with van der Waals surface area (Å²) < 4.78 is 0. The first-order valence-corrected chi connectivity index (χ1v) is 3.20. The van der Waals surface area contributed by atoms with Crippen LogP contribution in [-0.4, -0.2) is 27.1 Å². The Kier molecular flexibility index (Phi) is 3.05. The topological polar surface area (TPSA) is 37.3 Å². The van der Waals surface area contributed by atoms with E-state index in [1.807, 2.05) is 0 Å². The van der Waals surface area contributed by atoms with E-state index in [9.17, 15) is 4.79 Å². The van der Waals surface area contributed by atoms with Crippen LogP contribution in [0.2, 0.25) is 5.32 Å². The van der Waals surface area contributed by atoms with Crippen molar-refractivity contribution in [2.45, 2.75) is 12.2 Å². The first-order chi connectivity index (χ1) is 3.18. The molecule has 0 fully saturated rings. The summed E-state index contributed by atoms with van der Waals surface area (Å²) in [6.07, 6.45) is 0. The van der Waals surface area contributed by atoms with Gasteiger partial charge in [-0.15, -0.1) is 0 Å². The molecular formula is C4H7O2Se. The van der Waals surface area contributed by atoms with Crippen LogP contribution in [0.15, 0.2) is 0 Å². The molecule has 1 atom stereocenters. The van der Waals surface area contributed by atoms with Crippen molar-refractivity contribution in [3.05, 3.63) is 0 Å². The van der Waals surface area contributed by atoms with Gasteiger partial charge in [-0.2, -0.15) is 0 Å². The molecule has 1 N–H and O–H groups in total. The Balaban J connectivity index is 3.34. The SMILES string of the molecule is CC(C[Se])C(=O)O. The average molecular weight is 166 g/mol. The summed E-state index contributed by atoms with van der Waals surface area (Å²) in [4.78, 5) is 9.91. The van der Waals surface area contributed by atoms with Crippen molar-refractivity contribution in [1.82, 2.24) is 0 Å². The van der Waals surface area contributed by atoms with Gasteiger partial charge in [-0.1, -0.05) is 0 Å². The molecule has 0 aromatic heterocycles. The van der Waals surface area contributed by atoms with E-state index in [0.717, 1.165) is 0 Å².